The third-order valence-corrected chi connectivity index (χ3v) is 9.66. The molecular weight excluding hydrogens is 546 g/mol. The normalized spacial score (nSPS) is 23.4. The largest absolute Gasteiger partial charge is 0.507 e. The zero-order valence-electron chi connectivity index (χ0n) is 25.0. The number of anilines is 1. The molecule has 3 aliphatic rings. The number of ether oxygens (including phenoxy) is 1. The summed E-state index contributed by atoms with van der Waals surface area (Å²) < 4.78 is 6.53. The lowest BCUT2D eigenvalue weighted by Gasteiger charge is -2.32. The highest BCUT2D eigenvalue weighted by Crippen LogP contribution is 2.51. The molecule has 0 spiro atoms. The van der Waals surface area contributed by atoms with E-state index in [4.69, 9.17) is 4.74 Å². The number of benzene rings is 4. The van der Waals surface area contributed by atoms with E-state index in [1.54, 1.807) is 6.07 Å². The number of nitrogens with zero attached hydrogens (tertiary/aromatic N) is 1. The minimum absolute atomic E-state index is 0.0596. The van der Waals surface area contributed by atoms with Crippen LogP contribution in [-0.2, 0) is 14.3 Å². The van der Waals surface area contributed by atoms with Gasteiger partial charge in [0.05, 0.1) is 30.2 Å². The van der Waals surface area contributed by atoms with Gasteiger partial charge >= 0.3 is 0 Å². The fourth-order valence-corrected chi connectivity index (χ4v) is 7.70. The lowest BCUT2D eigenvalue weighted by atomic mass is 9.68. The van der Waals surface area contributed by atoms with Crippen molar-refractivity contribution in [2.45, 2.75) is 45.1 Å². The molecule has 2 saturated heterocycles. The second-order valence-electron chi connectivity index (χ2n) is 12.2. The van der Waals surface area contributed by atoms with Crippen LogP contribution in [0.5, 0.6) is 5.75 Å². The van der Waals surface area contributed by atoms with Gasteiger partial charge in [-0.3, -0.25) is 14.5 Å². The van der Waals surface area contributed by atoms with Gasteiger partial charge in [-0.05, 0) is 71.5 Å². The Hall–Kier alpha value is -4.48. The number of carbonyl (C=O) groups is 2. The Bertz CT molecular complexity index is 1770. The second-order valence-corrected chi connectivity index (χ2v) is 12.2. The van der Waals surface area contributed by atoms with Gasteiger partial charge in [0.25, 0.3) is 0 Å². The smallest absolute Gasteiger partial charge is 0.238 e. The number of hydrogen-bond donors (Lipinski definition) is 1. The number of allylic oxidation sites excluding steroid dienone is 2. The first-order valence-electron chi connectivity index (χ1n) is 15.8. The Balaban J connectivity index is 1.20. The molecule has 2 heterocycles. The molecule has 7 rings (SSSR count). The number of carbonyl (C=O) groups excluding carboxylic acids is 2. The summed E-state index contributed by atoms with van der Waals surface area (Å²) in [6.07, 6.45) is 6.28. The number of amides is 2. The van der Waals surface area contributed by atoms with E-state index in [9.17, 15) is 14.7 Å². The number of para-hydroxylation sites is 1. The van der Waals surface area contributed by atoms with Crippen molar-refractivity contribution in [2.75, 3.05) is 11.5 Å². The van der Waals surface area contributed by atoms with E-state index in [2.05, 4.69) is 37.3 Å². The molecule has 1 aliphatic carbocycles. The van der Waals surface area contributed by atoms with Gasteiger partial charge in [-0.25, -0.2) is 0 Å². The summed E-state index contributed by atoms with van der Waals surface area (Å²) in [4.78, 5) is 28.9. The van der Waals surface area contributed by atoms with Crippen molar-refractivity contribution in [3.8, 4) is 5.75 Å². The van der Waals surface area contributed by atoms with E-state index in [1.165, 1.54) is 21.6 Å². The topological polar surface area (TPSA) is 66.8 Å². The number of phenols is 1. The zero-order chi connectivity index (χ0) is 30.2. The van der Waals surface area contributed by atoms with E-state index < -0.39 is 0 Å². The third-order valence-electron chi connectivity index (χ3n) is 9.66. The van der Waals surface area contributed by atoms with Gasteiger partial charge in [0.1, 0.15) is 5.75 Å². The molecule has 0 unspecified atom stereocenters. The molecule has 0 bridgehead atoms. The number of rotatable bonds is 8. The summed E-state index contributed by atoms with van der Waals surface area (Å²) in [5, 5.41) is 12.3. The summed E-state index contributed by atoms with van der Waals surface area (Å²) in [6.45, 7) is 2.65. The van der Waals surface area contributed by atoms with Crippen LogP contribution in [0.25, 0.3) is 22.4 Å². The number of phenolic OH excluding ortho intramolecular Hbond substituents is 1. The monoisotopic (exact) mass is 583 g/mol. The van der Waals surface area contributed by atoms with Crippen molar-refractivity contribution in [2.24, 2.45) is 17.8 Å². The van der Waals surface area contributed by atoms with Crippen LogP contribution in [0.2, 0.25) is 0 Å². The highest BCUT2D eigenvalue weighted by molar-refractivity contribution is 6.22. The van der Waals surface area contributed by atoms with Crippen LogP contribution in [0.15, 0.2) is 108 Å². The molecule has 0 saturated carbocycles. The maximum atomic E-state index is 13.8. The van der Waals surface area contributed by atoms with Gasteiger partial charge in [0.2, 0.25) is 11.8 Å². The minimum atomic E-state index is -0.365. The lowest BCUT2D eigenvalue weighted by molar-refractivity contribution is -0.122. The summed E-state index contributed by atoms with van der Waals surface area (Å²) in [5.41, 5.74) is 6.65. The molecular formula is C39H37NO4. The van der Waals surface area contributed by atoms with E-state index in [0.717, 1.165) is 47.6 Å². The molecule has 2 amide bonds. The second kappa shape index (κ2) is 11.9. The molecule has 4 atom stereocenters. The van der Waals surface area contributed by atoms with E-state index >= 15 is 0 Å². The zero-order valence-corrected chi connectivity index (χ0v) is 25.0. The van der Waals surface area contributed by atoms with Crippen LogP contribution in [0.4, 0.5) is 5.69 Å². The standard InChI is InChI=1S/C39H37NO4/c1-2-11-28-23-32-37(39(43)40(38(32)42)29-14-7-4-8-15-29)33-24-44-35(36(28)33)21-19-26(25-12-5-3-6-13-25)22-27-18-20-34(41)31-17-10-9-16-30(27)31/h3-10,12-18,20,22,32-33,35,37,41H,2,11,19,21,23-24H2,1H3/b26-22-/t32-,33+,35-,37-/m1/s1. The van der Waals surface area contributed by atoms with E-state index in [1.807, 2.05) is 66.7 Å². The lowest BCUT2D eigenvalue weighted by Crippen LogP contribution is -2.34. The van der Waals surface area contributed by atoms with Crippen molar-refractivity contribution in [1.29, 1.82) is 0 Å². The van der Waals surface area contributed by atoms with E-state index in [0.29, 0.717) is 18.7 Å². The number of fused-ring (bicyclic) bond motifs is 4. The Morgan fingerprint density at radius 1 is 0.864 bits per heavy atom. The quantitative estimate of drug-likeness (QED) is 0.129. The van der Waals surface area contributed by atoms with Gasteiger partial charge in [0.15, 0.2) is 0 Å². The van der Waals surface area contributed by atoms with Crippen LogP contribution in [-0.4, -0.2) is 29.6 Å². The van der Waals surface area contributed by atoms with E-state index in [-0.39, 0.29) is 41.4 Å². The number of hydrogen-bond acceptors (Lipinski definition) is 4. The molecule has 2 aliphatic heterocycles. The summed E-state index contributed by atoms with van der Waals surface area (Å²) in [6, 6.07) is 31.4. The van der Waals surface area contributed by atoms with Crippen molar-refractivity contribution in [3.63, 3.8) is 0 Å². The Labute approximate surface area is 258 Å². The number of imide groups is 1. The molecule has 1 N–H and O–H groups in total. The highest BCUT2D eigenvalue weighted by atomic mass is 16.5. The first kappa shape index (κ1) is 28.3. The first-order valence-corrected chi connectivity index (χ1v) is 15.8. The van der Waals surface area contributed by atoms with Gasteiger partial charge in [-0.15, -0.1) is 0 Å². The molecule has 5 nitrogen and oxygen atoms in total. The van der Waals surface area contributed by atoms with Crippen LogP contribution >= 0.6 is 0 Å². The molecule has 222 valence electrons. The Morgan fingerprint density at radius 3 is 2.32 bits per heavy atom. The number of aromatic hydroxyl groups is 1. The van der Waals surface area contributed by atoms with Gasteiger partial charge in [-0.1, -0.05) is 104 Å². The maximum Gasteiger partial charge on any atom is 0.238 e. The SMILES string of the molecule is CCCC1=C2[C@@H](CC/C(=C/c3ccc(O)c4ccccc34)c3ccccc3)OC[C@@H]2[C@@H]2C(=O)N(c3ccccc3)C(=O)[C@@H]2C1. The molecule has 0 radical (unpaired) electrons. The van der Waals surface area contributed by atoms with Crippen LogP contribution in [0.1, 0.15) is 50.2 Å². The van der Waals surface area contributed by atoms with Gasteiger partial charge < -0.3 is 9.84 Å². The van der Waals surface area contributed by atoms with Crippen LogP contribution in [0, 0.1) is 17.8 Å². The molecule has 2 fully saturated rings. The first-order chi connectivity index (χ1) is 21.5. The summed E-state index contributed by atoms with van der Waals surface area (Å²) in [5.74, 6) is -0.620. The molecule has 5 heteroatoms. The third kappa shape index (κ3) is 4.95. The van der Waals surface area contributed by atoms with Crippen molar-refractivity contribution in [1.82, 2.24) is 0 Å². The predicted molar refractivity (Wildman–Crippen MR) is 175 cm³/mol. The average Bonchev–Trinajstić information content (AvgIpc) is 3.59. The maximum absolute atomic E-state index is 13.8. The summed E-state index contributed by atoms with van der Waals surface area (Å²) >= 11 is 0. The average molecular weight is 584 g/mol. The minimum Gasteiger partial charge on any atom is -0.507 e. The Kier molecular flexibility index (Phi) is 7.65. The molecule has 44 heavy (non-hydrogen) atoms. The molecule has 0 aromatic heterocycles. The Morgan fingerprint density at radius 2 is 1.57 bits per heavy atom. The van der Waals surface area contributed by atoms with Gasteiger partial charge in [0, 0.05) is 11.3 Å². The van der Waals surface area contributed by atoms with Crippen molar-refractivity contribution < 1.29 is 19.4 Å². The van der Waals surface area contributed by atoms with Crippen LogP contribution < -0.4 is 4.90 Å². The fraction of sp³-hybridized carbons (Fsp3) is 0.282. The predicted octanol–water partition coefficient (Wildman–Crippen LogP) is 8.19. The van der Waals surface area contributed by atoms with Gasteiger partial charge in [-0.2, -0.15) is 0 Å². The highest BCUT2D eigenvalue weighted by Gasteiger charge is 2.57. The molecule has 4 aromatic rings. The fourth-order valence-electron chi connectivity index (χ4n) is 7.70. The van der Waals surface area contributed by atoms with Crippen LogP contribution in [0.3, 0.4) is 0 Å². The van der Waals surface area contributed by atoms with Crippen molar-refractivity contribution >= 4 is 39.9 Å². The molecule has 4 aromatic carbocycles. The summed E-state index contributed by atoms with van der Waals surface area (Å²) in [7, 11) is 0. The van der Waals surface area contributed by atoms with Crippen molar-refractivity contribution in [3.05, 3.63) is 119 Å².